The summed E-state index contributed by atoms with van der Waals surface area (Å²) in [5, 5.41) is 4.27. The maximum Gasteiger partial charge on any atom is 0.337 e. The molecule has 1 amide bonds. The lowest BCUT2D eigenvalue weighted by Gasteiger charge is -2.01. The number of terminal acetylenes is 1. The molecule has 0 aliphatic heterocycles. The molecule has 0 bridgehead atoms. The molecule has 0 atom stereocenters. The summed E-state index contributed by atoms with van der Waals surface area (Å²) < 4.78 is 9.05. The predicted octanol–water partition coefficient (Wildman–Crippen LogP) is 2.39. The van der Waals surface area contributed by atoms with Crippen LogP contribution in [0.1, 0.15) is 33.5 Å². The maximum absolute atomic E-state index is 12.6. The van der Waals surface area contributed by atoms with Crippen LogP contribution in [0, 0.1) is 19.3 Å². The number of thiazole rings is 1. The van der Waals surface area contributed by atoms with Crippen LogP contribution in [0.15, 0.2) is 29.3 Å². The summed E-state index contributed by atoms with van der Waals surface area (Å²) in [5.74, 6) is 1.71. The SMILES string of the molecule is C#CCn1c(=NC(=O)c2cc(C)n(CC)n2)sc2cc(C(=O)OC)ccc21. The minimum Gasteiger partial charge on any atom is -0.465 e. The Balaban J connectivity index is 2.12. The molecular formula is C19H18N4O3S. The molecule has 1 aromatic carbocycles. The minimum atomic E-state index is -0.434. The highest BCUT2D eigenvalue weighted by Crippen LogP contribution is 2.20. The van der Waals surface area contributed by atoms with Gasteiger partial charge in [-0.2, -0.15) is 10.1 Å². The van der Waals surface area contributed by atoms with Gasteiger partial charge in [0.05, 0.1) is 29.4 Å². The van der Waals surface area contributed by atoms with E-state index in [1.807, 2.05) is 13.8 Å². The molecule has 2 aromatic heterocycles. The molecule has 0 aliphatic carbocycles. The van der Waals surface area contributed by atoms with Crippen molar-refractivity contribution in [3.63, 3.8) is 0 Å². The van der Waals surface area contributed by atoms with E-state index in [1.54, 1.807) is 33.5 Å². The monoisotopic (exact) mass is 382 g/mol. The Morgan fingerprint density at radius 3 is 2.78 bits per heavy atom. The molecule has 3 aromatic rings. The average Bonchev–Trinajstić information content (AvgIpc) is 3.21. The van der Waals surface area contributed by atoms with Gasteiger partial charge in [-0.3, -0.25) is 9.48 Å². The van der Waals surface area contributed by atoms with Crippen molar-refractivity contribution in [3.8, 4) is 12.3 Å². The van der Waals surface area contributed by atoms with Gasteiger partial charge in [0.25, 0.3) is 5.91 Å². The number of carbonyl (C=O) groups excluding carboxylic acids is 2. The number of amides is 1. The van der Waals surface area contributed by atoms with E-state index in [-0.39, 0.29) is 12.2 Å². The number of ether oxygens (including phenoxy) is 1. The maximum atomic E-state index is 12.6. The fraction of sp³-hybridized carbons (Fsp3) is 0.263. The summed E-state index contributed by atoms with van der Waals surface area (Å²) in [5.41, 5.74) is 2.41. The molecule has 0 saturated heterocycles. The zero-order valence-corrected chi connectivity index (χ0v) is 16.0. The number of fused-ring (bicyclic) bond motifs is 1. The van der Waals surface area contributed by atoms with Crippen LogP contribution in [0.3, 0.4) is 0 Å². The minimum absolute atomic E-state index is 0.256. The number of carbonyl (C=O) groups is 2. The van der Waals surface area contributed by atoms with Gasteiger partial charge in [0.15, 0.2) is 10.5 Å². The van der Waals surface area contributed by atoms with E-state index in [4.69, 9.17) is 11.2 Å². The Bertz CT molecular complexity index is 1140. The van der Waals surface area contributed by atoms with Crippen molar-refractivity contribution in [1.29, 1.82) is 0 Å². The van der Waals surface area contributed by atoms with Gasteiger partial charge in [0.1, 0.15) is 0 Å². The molecule has 0 fully saturated rings. The van der Waals surface area contributed by atoms with E-state index >= 15 is 0 Å². The van der Waals surface area contributed by atoms with Crippen molar-refractivity contribution < 1.29 is 14.3 Å². The Hall–Kier alpha value is -3.18. The smallest absolute Gasteiger partial charge is 0.337 e. The zero-order valence-electron chi connectivity index (χ0n) is 15.2. The highest BCUT2D eigenvalue weighted by molar-refractivity contribution is 7.16. The lowest BCUT2D eigenvalue weighted by molar-refractivity contribution is 0.0601. The predicted molar refractivity (Wildman–Crippen MR) is 103 cm³/mol. The largest absolute Gasteiger partial charge is 0.465 e. The van der Waals surface area contributed by atoms with Crippen molar-refractivity contribution >= 4 is 33.4 Å². The summed E-state index contributed by atoms with van der Waals surface area (Å²) in [4.78, 5) is 29.0. The second-order valence-electron chi connectivity index (χ2n) is 5.75. The quantitative estimate of drug-likeness (QED) is 0.513. The summed E-state index contributed by atoms with van der Waals surface area (Å²) in [6, 6.07) is 6.85. The van der Waals surface area contributed by atoms with E-state index in [2.05, 4.69) is 16.0 Å². The lowest BCUT2D eigenvalue weighted by Crippen LogP contribution is -2.16. The first-order valence-corrected chi connectivity index (χ1v) is 9.08. The van der Waals surface area contributed by atoms with Gasteiger partial charge in [0.2, 0.25) is 0 Å². The molecule has 0 N–H and O–H groups in total. The second-order valence-corrected chi connectivity index (χ2v) is 6.76. The third-order valence-corrected chi connectivity index (χ3v) is 5.09. The zero-order chi connectivity index (χ0) is 19.6. The second kappa shape index (κ2) is 7.60. The molecule has 2 heterocycles. The first-order valence-electron chi connectivity index (χ1n) is 8.27. The summed E-state index contributed by atoms with van der Waals surface area (Å²) in [6.07, 6.45) is 5.48. The van der Waals surface area contributed by atoms with E-state index in [0.717, 1.165) is 15.9 Å². The fourth-order valence-corrected chi connectivity index (χ4v) is 3.79. The van der Waals surface area contributed by atoms with Gasteiger partial charge in [0, 0.05) is 12.2 Å². The Morgan fingerprint density at radius 2 is 2.15 bits per heavy atom. The standard InChI is InChI=1S/C19H18N4O3S/c1-5-9-22-15-8-7-13(18(25)26-4)11-16(15)27-19(22)20-17(24)14-10-12(3)23(6-2)21-14/h1,7-8,10-11H,6,9H2,2-4H3. The van der Waals surface area contributed by atoms with Crippen molar-refractivity contribution in [2.45, 2.75) is 26.9 Å². The van der Waals surface area contributed by atoms with Crippen molar-refractivity contribution in [2.75, 3.05) is 7.11 Å². The van der Waals surface area contributed by atoms with Crippen molar-refractivity contribution in [2.24, 2.45) is 4.99 Å². The molecule has 3 rings (SSSR count). The molecule has 0 unspecified atom stereocenters. The van der Waals surface area contributed by atoms with Crippen LogP contribution in [-0.4, -0.2) is 33.3 Å². The van der Waals surface area contributed by atoms with Crippen LogP contribution in [0.25, 0.3) is 10.2 Å². The number of benzene rings is 1. The highest BCUT2D eigenvalue weighted by Gasteiger charge is 2.14. The van der Waals surface area contributed by atoms with Gasteiger partial charge in [-0.1, -0.05) is 17.3 Å². The number of aromatic nitrogens is 3. The normalized spacial score (nSPS) is 11.6. The number of esters is 1. The molecular weight excluding hydrogens is 364 g/mol. The van der Waals surface area contributed by atoms with Crippen LogP contribution in [-0.2, 0) is 17.8 Å². The van der Waals surface area contributed by atoms with E-state index in [0.29, 0.717) is 16.9 Å². The van der Waals surface area contributed by atoms with Crippen molar-refractivity contribution in [1.82, 2.24) is 14.3 Å². The average molecular weight is 382 g/mol. The molecule has 8 heteroatoms. The van der Waals surface area contributed by atoms with E-state index in [1.165, 1.54) is 18.4 Å². The van der Waals surface area contributed by atoms with Gasteiger partial charge >= 0.3 is 5.97 Å². The number of hydrogen-bond acceptors (Lipinski definition) is 5. The summed E-state index contributed by atoms with van der Waals surface area (Å²) in [6.45, 7) is 4.78. The first-order chi connectivity index (χ1) is 13.0. The Kier molecular flexibility index (Phi) is 5.23. The number of methoxy groups -OCH3 is 1. The van der Waals surface area contributed by atoms with Crippen LogP contribution >= 0.6 is 11.3 Å². The van der Waals surface area contributed by atoms with Gasteiger partial charge in [-0.15, -0.1) is 6.42 Å². The van der Waals surface area contributed by atoms with E-state index in [9.17, 15) is 9.59 Å². The summed E-state index contributed by atoms with van der Waals surface area (Å²) in [7, 11) is 1.33. The number of hydrogen-bond donors (Lipinski definition) is 0. The highest BCUT2D eigenvalue weighted by atomic mass is 32.1. The van der Waals surface area contributed by atoms with Gasteiger partial charge < -0.3 is 9.30 Å². The van der Waals surface area contributed by atoms with Crippen LogP contribution in [0.4, 0.5) is 0 Å². The van der Waals surface area contributed by atoms with Gasteiger partial charge in [-0.25, -0.2) is 4.79 Å². The van der Waals surface area contributed by atoms with Crippen LogP contribution < -0.4 is 4.80 Å². The third kappa shape index (κ3) is 3.55. The number of aryl methyl sites for hydroxylation is 2. The molecule has 0 saturated carbocycles. The first kappa shape index (κ1) is 18.6. The molecule has 27 heavy (non-hydrogen) atoms. The van der Waals surface area contributed by atoms with Crippen molar-refractivity contribution in [3.05, 3.63) is 46.0 Å². The number of nitrogens with zero attached hydrogens (tertiary/aromatic N) is 4. The summed E-state index contributed by atoms with van der Waals surface area (Å²) >= 11 is 1.28. The molecule has 0 aliphatic rings. The fourth-order valence-electron chi connectivity index (χ4n) is 2.73. The van der Waals surface area contributed by atoms with Gasteiger partial charge in [-0.05, 0) is 38.1 Å². The molecule has 138 valence electrons. The topological polar surface area (TPSA) is 78.5 Å². The van der Waals surface area contributed by atoms with Crippen LogP contribution in [0.2, 0.25) is 0 Å². The lowest BCUT2D eigenvalue weighted by atomic mass is 10.2. The third-order valence-electron chi connectivity index (χ3n) is 4.05. The van der Waals surface area contributed by atoms with E-state index < -0.39 is 11.9 Å². The molecule has 7 nitrogen and oxygen atoms in total. The molecule has 0 radical (unpaired) electrons. The van der Waals surface area contributed by atoms with Crippen LogP contribution in [0.5, 0.6) is 0 Å². The molecule has 0 spiro atoms. The number of rotatable bonds is 4. The Labute approximate surface area is 159 Å². The Morgan fingerprint density at radius 1 is 1.37 bits per heavy atom.